The van der Waals surface area contributed by atoms with Crippen LogP contribution in [0.15, 0.2) is 59.6 Å². The van der Waals surface area contributed by atoms with Crippen molar-refractivity contribution in [1.82, 2.24) is 10.2 Å². The van der Waals surface area contributed by atoms with Crippen LogP contribution >= 0.6 is 0 Å². The van der Waals surface area contributed by atoms with E-state index in [1.54, 1.807) is 0 Å². The van der Waals surface area contributed by atoms with Crippen LogP contribution in [0.2, 0.25) is 0 Å². The minimum absolute atomic E-state index is 0.0272. The Kier molecular flexibility index (Phi) is 4.51. The number of amidine groups is 1. The number of hydrogen-bond acceptors (Lipinski definition) is 3. The zero-order valence-electron chi connectivity index (χ0n) is 14.3. The minimum Gasteiger partial charge on any atom is -0.356 e. The van der Waals surface area contributed by atoms with Gasteiger partial charge < -0.3 is 10.2 Å². The van der Waals surface area contributed by atoms with Crippen molar-refractivity contribution in [3.05, 3.63) is 71.3 Å². The van der Waals surface area contributed by atoms with Crippen molar-refractivity contribution < 1.29 is 4.79 Å². The molecule has 0 unspecified atom stereocenters. The van der Waals surface area contributed by atoms with E-state index in [1.807, 2.05) is 30.3 Å². The number of carbonyl (C=O) groups is 1. The first-order valence-electron chi connectivity index (χ1n) is 9.05. The molecule has 0 bridgehead atoms. The fourth-order valence-electron chi connectivity index (χ4n) is 3.69. The smallest absolute Gasteiger partial charge is 0.251 e. The number of amides is 1. The van der Waals surface area contributed by atoms with Crippen LogP contribution in [0, 0.1) is 0 Å². The predicted molar refractivity (Wildman–Crippen MR) is 100 cm³/mol. The van der Waals surface area contributed by atoms with E-state index in [2.05, 4.69) is 34.5 Å². The fourth-order valence-corrected chi connectivity index (χ4v) is 3.69. The number of hydrogen-bond donors (Lipinski definition) is 1. The second-order valence-corrected chi connectivity index (χ2v) is 6.71. The van der Waals surface area contributed by atoms with Crippen LogP contribution < -0.4 is 5.32 Å². The second-order valence-electron chi connectivity index (χ2n) is 6.71. The first-order chi connectivity index (χ1) is 12.3. The molecule has 1 saturated heterocycles. The molecular formula is C21H23N3O. The normalized spacial score (nSPS) is 17.6. The molecule has 1 fully saturated rings. The van der Waals surface area contributed by atoms with Crippen molar-refractivity contribution >= 4 is 11.7 Å². The molecule has 2 aromatic carbocycles. The number of nitrogens with one attached hydrogen (secondary N) is 1. The van der Waals surface area contributed by atoms with Crippen LogP contribution in [-0.2, 0) is 6.42 Å². The van der Waals surface area contributed by atoms with Crippen LogP contribution in [0.4, 0.5) is 0 Å². The number of piperidine rings is 1. The molecule has 0 atom stereocenters. The minimum atomic E-state index is 0.0272. The molecule has 4 rings (SSSR count). The lowest BCUT2D eigenvalue weighted by atomic mass is 9.98. The molecule has 0 aliphatic carbocycles. The SMILES string of the molecule is O=C(NC1CCN(C2=NCCc3ccccc32)CC1)c1ccccc1. The van der Waals surface area contributed by atoms with Crippen molar-refractivity contribution in [2.45, 2.75) is 25.3 Å². The molecule has 0 saturated carbocycles. The highest BCUT2D eigenvalue weighted by Gasteiger charge is 2.25. The van der Waals surface area contributed by atoms with Crippen LogP contribution in [-0.4, -0.2) is 42.3 Å². The largest absolute Gasteiger partial charge is 0.356 e. The van der Waals surface area contributed by atoms with Gasteiger partial charge in [0.05, 0.1) is 0 Å². The summed E-state index contributed by atoms with van der Waals surface area (Å²) in [6.45, 7) is 2.75. The van der Waals surface area contributed by atoms with E-state index >= 15 is 0 Å². The topological polar surface area (TPSA) is 44.7 Å². The van der Waals surface area contributed by atoms with E-state index < -0.39 is 0 Å². The molecule has 4 heteroatoms. The summed E-state index contributed by atoms with van der Waals surface area (Å²) >= 11 is 0. The Hall–Kier alpha value is -2.62. The number of rotatable bonds is 2. The van der Waals surface area contributed by atoms with E-state index in [9.17, 15) is 4.79 Å². The highest BCUT2D eigenvalue weighted by molar-refractivity contribution is 6.01. The number of carbonyl (C=O) groups excluding carboxylic acids is 1. The van der Waals surface area contributed by atoms with E-state index in [-0.39, 0.29) is 11.9 Å². The van der Waals surface area contributed by atoms with Crippen molar-refractivity contribution in [2.24, 2.45) is 4.99 Å². The summed E-state index contributed by atoms with van der Waals surface area (Å²) in [5.41, 5.74) is 3.41. The van der Waals surface area contributed by atoms with Gasteiger partial charge in [-0.2, -0.15) is 0 Å². The molecule has 0 spiro atoms. The summed E-state index contributed by atoms with van der Waals surface area (Å²) in [6.07, 6.45) is 2.95. The summed E-state index contributed by atoms with van der Waals surface area (Å²) in [5, 5.41) is 3.17. The molecule has 25 heavy (non-hydrogen) atoms. The highest BCUT2D eigenvalue weighted by Crippen LogP contribution is 2.21. The Morgan fingerprint density at radius 1 is 1.00 bits per heavy atom. The van der Waals surface area contributed by atoms with Crippen molar-refractivity contribution in [3.8, 4) is 0 Å². The highest BCUT2D eigenvalue weighted by atomic mass is 16.1. The Bertz CT molecular complexity index is 777. The van der Waals surface area contributed by atoms with Gasteiger partial charge in [-0.3, -0.25) is 9.79 Å². The zero-order valence-corrected chi connectivity index (χ0v) is 14.3. The quantitative estimate of drug-likeness (QED) is 0.918. The number of benzene rings is 2. The Labute approximate surface area is 148 Å². The van der Waals surface area contributed by atoms with Crippen molar-refractivity contribution in [3.63, 3.8) is 0 Å². The average Bonchev–Trinajstić information content (AvgIpc) is 2.69. The summed E-state index contributed by atoms with van der Waals surface area (Å²) < 4.78 is 0. The van der Waals surface area contributed by atoms with Gasteiger partial charge in [-0.25, -0.2) is 0 Å². The molecule has 2 heterocycles. The van der Waals surface area contributed by atoms with Gasteiger partial charge in [0.25, 0.3) is 5.91 Å². The summed E-state index contributed by atoms with van der Waals surface area (Å²) in [4.78, 5) is 19.5. The maximum Gasteiger partial charge on any atom is 0.251 e. The maximum absolute atomic E-state index is 12.3. The molecule has 1 amide bonds. The third-order valence-corrected chi connectivity index (χ3v) is 5.07. The van der Waals surface area contributed by atoms with Gasteiger partial charge in [-0.15, -0.1) is 0 Å². The number of likely N-dealkylation sites (tertiary alicyclic amines) is 1. The van der Waals surface area contributed by atoms with Crippen LogP contribution in [0.1, 0.15) is 34.3 Å². The Morgan fingerprint density at radius 2 is 1.72 bits per heavy atom. The standard InChI is InChI=1S/C21H23N3O/c25-21(17-7-2-1-3-8-17)23-18-11-14-24(15-12-18)20-19-9-5-4-6-16(19)10-13-22-20/h1-9,18H,10-15H2,(H,23,25). The van der Waals surface area contributed by atoms with Crippen molar-refractivity contribution in [1.29, 1.82) is 0 Å². The van der Waals surface area contributed by atoms with Crippen LogP contribution in [0.3, 0.4) is 0 Å². The molecule has 2 aromatic rings. The van der Waals surface area contributed by atoms with Gasteiger partial charge in [-0.1, -0.05) is 42.5 Å². The number of nitrogens with zero attached hydrogens (tertiary/aromatic N) is 2. The van der Waals surface area contributed by atoms with Crippen LogP contribution in [0.25, 0.3) is 0 Å². The third kappa shape index (κ3) is 3.43. The molecule has 0 aromatic heterocycles. The summed E-state index contributed by atoms with van der Waals surface area (Å²) in [6, 6.07) is 18.3. The predicted octanol–water partition coefficient (Wildman–Crippen LogP) is 2.88. The first kappa shape index (κ1) is 15.9. The second kappa shape index (κ2) is 7.09. The van der Waals surface area contributed by atoms with Crippen molar-refractivity contribution in [2.75, 3.05) is 19.6 Å². The zero-order chi connectivity index (χ0) is 17.1. The van der Waals surface area contributed by atoms with Gasteiger partial charge in [0, 0.05) is 36.8 Å². The molecule has 0 radical (unpaired) electrons. The van der Waals surface area contributed by atoms with Gasteiger partial charge >= 0.3 is 0 Å². The number of aliphatic imine (C=N–C) groups is 1. The van der Waals surface area contributed by atoms with Crippen LogP contribution in [0.5, 0.6) is 0 Å². The fraction of sp³-hybridized carbons (Fsp3) is 0.333. The molecule has 2 aliphatic heterocycles. The lowest BCUT2D eigenvalue weighted by molar-refractivity contribution is 0.0922. The average molecular weight is 333 g/mol. The molecule has 128 valence electrons. The van der Waals surface area contributed by atoms with E-state index in [0.29, 0.717) is 0 Å². The lowest BCUT2D eigenvalue weighted by Crippen LogP contribution is -2.47. The maximum atomic E-state index is 12.3. The third-order valence-electron chi connectivity index (χ3n) is 5.07. The molecule has 4 nitrogen and oxygen atoms in total. The first-order valence-corrected chi connectivity index (χ1v) is 9.05. The van der Waals surface area contributed by atoms with E-state index in [0.717, 1.165) is 50.3 Å². The number of fused-ring (bicyclic) bond motifs is 1. The van der Waals surface area contributed by atoms with Gasteiger partial charge in [0.2, 0.25) is 0 Å². The van der Waals surface area contributed by atoms with E-state index in [1.165, 1.54) is 11.1 Å². The molecule has 1 N–H and O–H groups in total. The lowest BCUT2D eigenvalue weighted by Gasteiger charge is -2.36. The molecule has 2 aliphatic rings. The van der Waals surface area contributed by atoms with Gasteiger partial charge in [0.1, 0.15) is 5.84 Å². The van der Waals surface area contributed by atoms with Gasteiger partial charge in [-0.05, 0) is 37.0 Å². The molecular weight excluding hydrogens is 310 g/mol. The van der Waals surface area contributed by atoms with E-state index in [4.69, 9.17) is 4.99 Å². The Balaban J connectivity index is 1.38. The van der Waals surface area contributed by atoms with Gasteiger partial charge in [0.15, 0.2) is 0 Å². The Morgan fingerprint density at radius 3 is 2.52 bits per heavy atom. The summed E-state index contributed by atoms with van der Waals surface area (Å²) in [5.74, 6) is 1.16. The monoisotopic (exact) mass is 333 g/mol. The summed E-state index contributed by atoms with van der Waals surface area (Å²) in [7, 11) is 0.